The number of rotatable bonds is 2. The molecule has 2 aliphatic carbocycles. The van der Waals surface area contributed by atoms with Gasteiger partial charge in [-0.25, -0.2) is 9.59 Å². The van der Waals surface area contributed by atoms with Gasteiger partial charge in [-0.05, 0) is 25.3 Å². The first-order chi connectivity index (χ1) is 12.0. The van der Waals surface area contributed by atoms with E-state index in [1.807, 2.05) is 0 Å². The van der Waals surface area contributed by atoms with Gasteiger partial charge in [0.05, 0.1) is 17.7 Å². The molecular formula is C20H20O5. The Morgan fingerprint density at radius 2 is 2.12 bits per heavy atom. The maximum absolute atomic E-state index is 12.4. The average molecular weight is 340 g/mol. The van der Waals surface area contributed by atoms with Gasteiger partial charge in [-0.3, -0.25) is 0 Å². The molecule has 4 rings (SSSR count). The maximum Gasteiger partial charge on any atom is 0.341 e. The van der Waals surface area contributed by atoms with Gasteiger partial charge in [0.15, 0.2) is 0 Å². The molecule has 1 saturated heterocycles. The van der Waals surface area contributed by atoms with Crippen molar-refractivity contribution in [1.82, 2.24) is 0 Å². The summed E-state index contributed by atoms with van der Waals surface area (Å²) in [6.45, 7) is 10.2. The Hall–Kier alpha value is -2.56. The number of carbonyl (C=O) groups excluding carboxylic acids is 2. The maximum atomic E-state index is 12.4. The van der Waals surface area contributed by atoms with Gasteiger partial charge in [0.2, 0.25) is 0 Å². The van der Waals surface area contributed by atoms with Crippen LogP contribution in [0.25, 0.3) is 0 Å². The zero-order chi connectivity index (χ0) is 17.7. The summed E-state index contributed by atoms with van der Waals surface area (Å²) in [6.07, 6.45) is 5.46. The molecule has 1 aromatic heterocycles. The van der Waals surface area contributed by atoms with E-state index in [9.17, 15) is 9.59 Å². The van der Waals surface area contributed by atoms with Crippen LogP contribution in [0.3, 0.4) is 0 Å². The molecule has 1 aliphatic heterocycles. The van der Waals surface area contributed by atoms with E-state index in [-0.39, 0.29) is 23.9 Å². The fourth-order valence-corrected chi connectivity index (χ4v) is 4.40. The summed E-state index contributed by atoms with van der Waals surface area (Å²) >= 11 is 0. The minimum Gasteiger partial charge on any atom is -0.472 e. The van der Waals surface area contributed by atoms with Crippen LogP contribution >= 0.6 is 0 Å². The molecule has 2 heterocycles. The third-order valence-corrected chi connectivity index (χ3v) is 5.67. The summed E-state index contributed by atoms with van der Waals surface area (Å²) < 4.78 is 16.4. The number of ether oxygens (including phenoxy) is 2. The Morgan fingerprint density at radius 3 is 2.84 bits per heavy atom. The second-order valence-corrected chi connectivity index (χ2v) is 7.06. The van der Waals surface area contributed by atoms with E-state index in [1.165, 1.54) is 18.1 Å². The molecule has 25 heavy (non-hydrogen) atoms. The highest BCUT2D eigenvalue weighted by Crippen LogP contribution is 2.51. The van der Waals surface area contributed by atoms with Crippen molar-refractivity contribution in [3.8, 4) is 0 Å². The minimum absolute atomic E-state index is 0.0818. The molecule has 0 aromatic carbocycles. The van der Waals surface area contributed by atoms with Crippen LogP contribution in [0.2, 0.25) is 0 Å². The van der Waals surface area contributed by atoms with Crippen molar-refractivity contribution in [2.75, 3.05) is 0 Å². The quantitative estimate of drug-likeness (QED) is 0.469. The lowest BCUT2D eigenvalue weighted by Gasteiger charge is -2.28. The first-order valence-electron chi connectivity index (χ1n) is 8.44. The molecule has 0 radical (unpaired) electrons. The topological polar surface area (TPSA) is 65.7 Å². The smallest absolute Gasteiger partial charge is 0.341 e. The lowest BCUT2D eigenvalue weighted by atomic mass is 9.80. The van der Waals surface area contributed by atoms with Crippen LogP contribution in [0.5, 0.6) is 0 Å². The zero-order valence-electron chi connectivity index (χ0n) is 14.1. The van der Waals surface area contributed by atoms with Crippen LogP contribution in [0.15, 0.2) is 59.0 Å². The summed E-state index contributed by atoms with van der Waals surface area (Å²) in [7, 11) is 0. The van der Waals surface area contributed by atoms with Crippen molar-refractivity contribution in [2.45, 2.75) is 32.0 Å². The van der Waals surface area contributed by atoms with E-state index in [2.05, 4.69) is 26.2 Å². The van der Waals surface area contributed by atoms with Gasteiger partial charge in [0, 0.05) is 17.9 Å². The second kappa shape index (κ2) is 5.76. The van der Waals surface area contributed by atoms with Gasteiger partial charge < -0.3 is 13.9 Å². The van der Waals surface area contributed by atoms with Crippen LogP contribution < -0.4 is 0 Å². The van der Waals surface area contributed by atoms with Crippen LogP contribution in [-0.2, 0) is 14.3 Å². The Labute approximate surface area is 146 Å². The summed E-state index contributed by atoms with van der Waals surface area (Å²) in [6, 6.07) is 1.55. The molecule has 1 saturated carbocycles. The van der Waals surface area contributed by atoms with Crippen LogP contribution in [0.4, 0.5) is 0 Å². The van der Waals surface area contributed by atoms with Gasteiger partial charge in [0.1, 0.15) is 18.5 Å². The largest absolute Gasteiger partial charge is 0.472 e. The number of esters is 2. The van der Waals surface area contributed by atoms with E-state index in [4.69, 9.17) is 13.9 Å². The molecular weight excluding hydrogens is 320 g/mol. The molecule has 1 aromatic rings. The first-order valence-corrected chi connectivity index (χ1v) is 8.44. The number of fused-ring (bicyclic) bond motifs is 3. The van der Waals surface area contributed by atoms with Crippen molar-refractivity contribution in [1.29, 1.82) is 0 Å². The van der Waals surface area contributed by atoms with Gasteiger partial charge >= 0.3 is 11.9 Å². The highest BCUT2D eigenvalue weighted by atomic mass is 16.6. The molecule has 0 amide bonds. The fraction of sp³-hybridized carbons (Fsp3) is 0.400. The molecule has 0 bridgehead atoms. The molecule has 130 valence electrons. The van der Waals surface area contributed by atoms with E-state index in [1.54, 1.807) is 6.07 Å². The molecule has 0 unspecified atom stereocenters. The van der Waals surface area contributed by atoms with Gasteiger partial charge in [-0.15, -0.1) is 0 Å². The SMILES string of the molecule is C=C1C(=O)O[C@@H]2[C@H]3C(C)=CC[C@H]3C(=C)C[C@@H](OC(=O)c3ccoc3)[C@@H]12. The van der Waals surface area contributed by atoms with Gasteiger partial charge in [0.25, 0.3) is 0 Å². The molecule has 0 spiro atoms. The Balaban J connectivity index is 1.68. The van der Waals surface area contributed by atoms with Crippen molar-refractivity contribution in [3.63, 3.8) is 0 Å². The van der Waals surface area contributed by atoms with Crippen LogP contribution in [-0.4, -0.2) is 24.1 Å². The molecule has 5 atom stereocenters. The zero-order valence-corrected chi connectivity index (χ0v) is 14.1. The number of carbonyl (C=O) groups is 2. The molecule has 0 N–H and O–H groups in total. The lowest BCUT2D eigenvalue weighted by molar-refractivity contribution is -0.141. The summed E-state index contributed by atoms with van der Waals surface area (Å²) in [4.78, 5) is 24.6. The normalized spacial score (nSPS) is 34.0. The van der Waals surface area contributed by atoms with Crippen LogP contribution in [0.1, 0.15) is 30.1 Å². The minimum atomic E-state index is -0.516. The Morgan fingerprint density at radius 1 is 1.32 bits per heavy atom. The lowest BCUT2D eigenvalue weighted by Crippen LogP contribution is -2.36. The van der Waals surface area contributed by atoms with E-state index in [0.717, 1.165) is 12.0 Å². The summed E-state index contributed by atoms with van der Waals surface area (Å²) in [5, 5.41) is 0. The van der Waals surface area contributed by atoms with E-state index >= 15 is 0 Å². The third kappa shape index (κ3) is 2.46. The highest BCUT2D eigenvalue weighted by molar-refractivity contribution is 5.92. The second-order valence-electron chi connectivity index (χ2n) is 7.06. The molecule has 2 fully saturated rings. The first kappa shape index (κ1) is 15.9. The molecule has 5 heteroatoms. The van der Waals surface area contributed by atoms with Gasteiger partial charge in [-0.1, -0.05) is 30.4 Å². The van der Waals surface area contributed by atoms with Crippen molar-refractivity contribution in [2.24, 2.45) is 17.8 Å². The van der Waals surface area contributed by atoms with Crippen LogP contribution in [0, 0.1) is 17.8 Å². The Kier molecular flexibility index (Phi) is 3.67. The number of hydrogen-bond acceptors (Lipinski definition) is 5. The van der Waals surface area contributed by atoms with Gasteiger partial charge in [-0.2, -0.15) is 0 Å². The summed E-state index contributed by atoms with van der Waals surface area (Å²) in [5.41, 5.74) is 2.95. The van der Waals surface area contributed by atoms with E-state index < -0.39 is 18.0 Å². The predicted octanol–water partition coefficient (Wildman–Crippen LogP) is 3.45. The molecule has 3 aliphatic rings. The summed E-state index contributed by atoms with van der Waals surface area (Å²) in [5.74, 6) is -0.930. The number of hydrogen-bond donors (Lipinski definition) is 0. The van der Waals surface area contributed by atoms with Crippen molar-refractivity contribution < 1.29 is 23.5 Å². The average Bonchev–Trinajstić information content (AvgIpc) is 3.26. The fourth-order valence-electron chi connectivity index (χ4n) is 4.40. The number of furan rings is 1. The third-order valence-electron chi connectivity index (χ3n) is 5.67. The predicted molar refractivity (Wildman–Crippen MR) is 89.5 cm³/mol. The van der Waals surface area contributed by atoms with Crippen molar-refractivity contribution >= 4 is 11.9 Å². The standard InChI is InChI=1S/C20H20O5/c1-10-4-5-14-11(2)8-15(24-20(22)13-6-7-23-9-13)17-12(3)19(21)25-18(17)16(10)14/h4,6-7,9,14-18H,2-3,5,8H2,1H3/t14-,15+,16-,17+,18+/m0/s1. The highest BCUT2D eigenvalue weighted by Gasteiger charge is 2.54. The van der Waals surface area contributed by atoms with E-state index in [0.29, 0.717) is 17.6 Å². The molecule has 5 nitrogen and oxygen atoms in total. The monoisotopic (exact) mass is 340 g/mol. The van der Waals surface area contributed by atoms with Crippen molar-refractivity contribution in [3.05, 3.63) is 60.1 Å². The Bertz CT molecular complexity index is 785. The number of allylic oxidation sites excluding steroid dienone is 1.